The molecule has 1 aromatic rings. The Bertz CT molecular complexity index is 472. The number of rotatable bonds is 3. The molecule has 1 amide bonds. The molecule has 2 rings (SSSR count). The van der Waals surface area contributed by atoms with Gasteiger partial charge in [-0.25, -0.2) is 0 Å². The molecule has 0 heterocycles. The number of carbonyl (C=O) groups excluding carboxylic acids is 1. The minimum Gasteiger partial charge on any atom is -0.349 e. The van der Waals surface area contributed by atoms with Crippen molar-refractivity contribution >= 4 is 23.2 Å². The van der Waals surface area contributed by atoms with Gasteiger partial charge in [0.15, 0.2) is 0 Å². The van der Waals surface area contributed by atoms with E-state index in [-0.39, 0.29) is 28.2 Å². The largest absolute Gasteiger partial charge is 0.349 e. The summed E-state index contributed by atoms with van der Waals surface area (Å²) in [7, 11) is 0. The number of nitrogens with one attached hydrogen (secondary N) is 1. The van der Waals surface area contributed by atoms with Crippen molar-refractivity contribution in [3.05, 3.63) is 38.9 Å². The molecule has 1 aliphatic rings. The second-order valence-corrected chi connectivity index (χ2v) is 4.43. The van der Waals surface area contributed by atoms with Gasteiger partial charge in [-0.1, -0.05) is 11.6 Å². The molecule has 1 saturated carbocycles. The summed E-state index contributed by atoms with van der Waals surface area (Å²) in [4.78, 5) is 21.8. The smallest absolute Gasteiger partial charge is 0.288 e. The molecule has 90 valence electrons. The predicted molar refractivity (Wildman–Crippen MR) is 63.2 cm³/mol. The van der Waals surface area contributed by atoms with Crippen LogP contribution in [0.3, 0.4) is 0 Å². The van der Waals surface area contributed by atoms with Crippen LogP contribution in [-0.2, 0) is 0 Å². The lowest BCUT2D eigenvalue weighted by Crippen LogP contribution is -2.39. The Morgan fingerprint density at radius 3 is 2.71 bits per heavy atom. The molecule has 0 aliphatic heterocycles. The summed E-state index contributed by atoms with van der Waals surface area (Å²) in [6.45, 7) is 0. The van der Waals surface area contributed by atoms with Gasteiger partial charge in [0.25, 0.3) is 11.6 Å². The molecule has 0 spiro atoms. The van der Waals surface area contributed by atoms with E-state index in [0.717, 1.165) is 19.3 Å². The van der Waals surface area contributed by atoms with E-state index < -0.39 is 4.92 Å². The van der Waals surface area contributed by atoms with Crippen LogP contribution in [0.2, 0.25) is 5.02 Å². The first-order valence-corrected chi connectivity index (χ1v) is 5.70. The van der Waals surface area contributed by atoms with E-state index in [9.17, 15) is 14.9 Å². The van der Waals surface area contributed by atoms with Crippen LogP contribution in [0.5, 0.6) is 0 Å². The molecule has 5 nitrogen and oxygen atoms in total. The number of hydrogen-bond donors (Lipinski definition) is 1. The van der Waals surface area contributed by atoms with Gasteiger partial charge >= 0.3 is 0 Å². The molecule has 1 aromatic carbocycles. The molecule has 1 aliphatic carbocycles. The topological polar surface area (TPSA) is 72.2 Å². The fourth-order valence-electron chi connectivity index (χ4n) is 1.62. The van der Waals surface area contributed by atoms with E-state index in [1.807, 2.05) is 0 Å². The molecule has 0 unspecified atom stereocenters. The molecule has 0 atom stereocenters. The van der Waals surface area contributed by atoms with Crippen molar-refractivity contribution in [2.45, 2.75) is 25.3 Å². The molecule has 1 fully saturated rings. The van der Waals surface area contributed by atoms with Crippen LogP contribution >= 0.6 is 11.6 Å². The number of carbonyl (C=O) groups is 1. The average molecular weight is 255 g/mol. The van der Waals surface area contributed by atoms with Gasteiger partial charge in [-0.15, -0.1) is 0 Å². The van der Waals surface area contributed by atoms with Crippen LogP contribution in [0.1, 0.15) is 29.6 Å². The number of halogens is 1. The van der Waals surface area contributed by atoms with Gasteiger partial charge in [-0.05, 0) is 31.4 Å². The fraction of sp³-hybridized carbons (Fsp3) is 0.364. The monoisotopic (exact) mass is 254 g/mol. The first kappa shape index (κ1) is 11.9. The summed E-state index contributed by atoms with van der Waals surface area (Å²) in [5, 5.41) is 13.5. The van der Waals surface area contributed by atoms with Gasteiger partial charge < -0.3 is 5.32 Å². The average Bonchev–Trinajstić information content (AvgIpc) is 2.23. The molecule has 1 N–H and O–H groups in total. The van der Waals surface area contributed by atoms with E-state index in [0.29, 0.717) is 0 Å². The van der Waals surface area contributed by atoms with Crippen LogP contribution in [0.25, 0.3) is 0 Å². The van der Waals surface area contributed by atoms with Gasteiger partial charge in [0, 0.05) is 17.7 Å². The predicted octanol–water partition coefficient (Wildman–Crippen LogP) is 2.53. The van der Waals surface area contributed by atoms with Crippen LogP contribution in [-0.4, -0.2) is 16.9 Å². The summed E-state index contributed by atoms with van der Waals surface area (Å²) in [6.07, 6.45) is 3.06. The van der Waals surface area contributed by atoms with E-state index in [1.165, 1.54) is 18.2 Å². The maximum absolute atomic E-state index is 11.8. The summed E-state index contributed by atoms with van der Waals surface area (Å²) >= 11 is 5.67. The van der Waals surface area contributed by atoms with Gasteiger partial charge in [0.1, 0.15) is 5.02 Å². The number of amides is 1. The summed E-state index contributed by atoms with van der Waals surface area (Å²) < 4.78 is 0. The molecule has 0 bridgehead atoms. The highest BCUT2D eigenvalue weighted by molar-refractivity contribution is 6.32. The second kappa shape index (κ2) is 4.71. The van der Waals surface area contributed by atoms with Crippen molar-refractivity contribution in [2.75, 3.05) is 0 Å². The number of nitro benzene ring substituents is 1. The fourth-order valence-corrected chi connectivity index (χ4v) is 1.80. The number of nitro groups is 1. The lowest BCUT2D eigenvalue weighted by atomic mass is 9.93. The van der Waals surface area contributed by atoms with Crippen molar-refractivity contribution < 1.29 is 9.72 Å². The summed E-state index contributed by atoms with van der Waals surface area (Å²) in [5.41, 5.74) is 0.0286. The highest BCUT2D eigenvalue weighted by atomic mass is 35.5. The molecular weight excluding hydrogens is 244 g/mol. The zero-order chi connectivity index (χ0) is 12.4. The third kappa shape index (κ3) is 2.55. The molecule has 6 heteroatoms. The SMILES string of the molecule is O=C(NC1CCC1)c1ccc(Cl)c([N+](=O)[O-])c1. The van der Waals surface area contributed by atoms with Gasteiger partial charge in [0.2, 0.25) is 0 Å². The third-order valence-electron chi connectivity index (χ3n) is 2.85. The van der Waals surface area contributed by atoms with Crippen LogP contribution in [0.15, 0.2) is 18.2 Å². The van der Waals surface area contributed by atoms with Crippen molar-refractivity contribution in [1.29, 1.82) is 0 Å². The van der Waals surface area contributed by atoms with E-state index in [2.05, 4.69) is 5.32 Å². The maximum Gasteiger partial charge on any atom is 0.288 e. The Balaban J connectivity index is 2.17. The molecule has 0 saturated heterocycles. The third-order valence-corrected chi connectivity index (χ3v) is 3.17. The Morgan fingerprint density at radius 2 is 2.18 bits per heavy atom. The maximum atomic E-state index is 11.8. The van der Waals surface area contributed by atoms with E-state index >= 15 is 0 Å². The number of hydrogen-bond acceptors (Lipinski definition) is 3. The van der Waals surface area contributed by atoms with Gasteiger partial charge in [-0.2, -0.15) is 0 Å². The molecular formula is C11H11ClN2O3. The summed E-state index contributed by atoms with van der Waals surface area (Å²) in [5.74, 6) is -0.283. The lowest BCUT2D eigenvalue weighted by molar-refractivity contribution is -0.384. The van der Waals surface area contributed by atoms with Gasteiger partial charge in [-0.3, -0.25) is 14.9 Å². The zero-order valence-corrected chi connectivity index (χ0v) is 9.74. The van der Waals surface area contributed by atoms with Crippen LogP contribution in [0.4, 0.5) is 5.69 Å². The summed E-state index contributed by atoms with van der Waals surface area (Å²) in [6, 6.07) is 4.27. The van der Waals surface area contributed by atoms with Gasteiger partial charge in [0.05, 0.1) is 4.92 Å². The molecule has 0 aromatic heterocycles. The van der Waals surface area contributed by atoms with Crippen LogP contribution < -0.4 is 5.32 Å². The molecule has 0 radical (unpaired) electrons. The first-order chi connectivity index (χ1) is 8.08. The normalized spacial score (nSPS) is 15.1. The Morgan fingerprint density at radius 1 is 1.47 bits per heavy atom. The highest BCUT2D eigenvalue weighted by Crippen LogP contribution is 2.25. The minimum absolute atomic E-state index is 0.0372. The first-order valence-electron chi connectivity index (χ1n) is 5.33. The van der Waals surface area contributed by atoms with E-state index in [4.69, 9.17) is 11.6 Å². The number of benzene rings is 1. The van der Waals surface area contributed by atoms with Crippen molar-refractivity contribution in [1.82, 2.24) is 5.32 Å². The Labute approximate surface area is 103 Å². The second-order valence-electron chi connectivity index (χ2n) is 4.02. The van der Waals surface area contributed by atoms with Crippen molar-refractivity contribution in [3.63, 3.8) is 0 Å². The highest BCUT2D eigenvalue weighted by Gasteiger charge is 2.22. The Kier molecular flexibility index (Phi) is 3.28. The van der Waals surface area contributed by atoms with Crippen LogP contribution in [0, 0.1) is 10.1 Å². The van der Waals surface area contributed by atoms with Crippen molar-refractivity contribution in [2.24, 2.45) is 0 Å². The zero-order valence-electron chi connectivity index (χ0n) is 8.98. The van der Waals surface area contributed by atoms with E-state index in [1.54, 1.807) is 0 Å². The van der Waals surface area contributed by atoms with Crippen molar-refractivity contribution in [3.8, 4) is 0 Å². The molecule has 17 heavy (non-hydrogen) atoms. The number of nitrogens with zero attached hydrogens (tertiary/aromatic N) is 1. The Hall–Kier alpha value is -1.62. The quantitative estimate of drug-likeness (QED) is 0.665. The standard InChI is InChI=1S/C11H11ClN2O3/c12-9-5-4-7(6-10(9)14(16)17)11(15)13-8-2-1-3-8/h4-6,8H,1-3H2,(H,13,15). The lowest BCUT2D eigenvalue weighted by Gasteiger charge is -2.26. The minimum atomic E-state index is -0.595.